The summed E-state index contributed by atoms with van der Waals surface area (Å²) in [6.07, 6.45) is 0.548. The number of benzene rings is 2. The molecule has 20 heavy (non-hydrogen) atoms. The van der Waals surface area contributed by atoms with Gasteiger partial charge in [0.25, 0.3) is 0 Å². The van der Waals surface area contributed by atoms with Crippen molar-refractivity contribution in [2.45, 2.75) is 18.1 Å². The molecule has 1 aliphatic carbocycles. The van der Waals surface area contributed by atoms with Crippen molar-refractivity contribution in [3.63, 3.8) is 0 Å². The van der Waals surface area contributed by atoms with Gasteiger partial charge in [0.1, 0.15) is 11.9 Å². The summed E-state index contributed by atoms with van der Waals surface area (Å²) in [5.41, 5.74) is 2.28. The SMILES string of the molecule is COc1ccc(C2OC23Cc2ccccc2C3=O)cc1. The normalized spacial score (nSPS) is 26.6. The number of epoxide rings is 1. The zero-order chi connectivity index (χ0) is 13.7. The highest BCUT2D eigenvalue weighted by molar-refractivity contribution is 6.09. The van der Waals surface area contributed by atoms with Gasteiger partial charge in [-0.15, -0.1) is 0 Å². The molecule has 2 aromatic carbocycles. The van der Waals surface area contributed by atoms with E-state index in [4.69, 9.17) is 9.47 Å². The van der Waals surface area contributed by atoms with Gasteiger partial charge in [0, 0.05) is 12.0 Å². The highest BCUT2D eigenvalue weighted by Crippen LogP contribution is 2.56. The Bertz CT molecular complexity index is 690. The van der Waals surface area contributed by atoms with Crippen LogP contribution in [-0.2, 0) is 11.2 Å². The van der Waals surface area contributed by atoms with E-state index >= 15 is 0 Å². The molecule has 0 aromatic heterocycles. The number of carbonyl (C=O) groups excluding carboxylic acids is 1. The van der Waals surface area contributed by atoms with Crippen LogP contribution in [-0.4, -0.2) is 18.5 Å². The van der Waals surface area contributed by atoms with Crippen LogP contribution in [0.15, 0.2) is 48.5 Å². The third-order valence-corrected chi connectivity index (χ3v) is 4.21. The standard InChI is InChI=1S/C17H14O3/c1-19-13-8-6-11(7-9-13)16-17(20-16)10-12-4-2-3-5-14(12)15(17)18/h2-9,16H,10H2,1H3. The topological polar surface area (TPSA) is 38.8 Å². The van der Waals surface area contributed by atoms with E-state index in [0.717, 1.165) is 22.4 Å². The Hall–Kier alpha value is -2.13. The Morgan fingerprint density at radius 1 is 1.15 bits per heavy atom. The first-order chi connectivity index (χ1) is 9.74. The van der Waals surface area contributed by atoms with E-state index in [1.54, 1.807) is 7.11 Å². The maximum Gasteiger partial charge on any atom is 0.198 e. The van der Waals surface area contributed by atoms with E-state index in [0.29, 0.717) is 6.42 Å². The monoisotopic (exact) mass is 266 g/mol. The lowest BCUT2D eigenvalue weighted by Crippen LogP contribution is -2.20. The zero-order valence-corrected chi connectivity index (χ0v) is 11.1. The quantitative estimate of drug-likeness (QED) is 0.784. The third-order valence-electron chi connectivity index (χ3n) is 4.21. The van der Waals surface area contributed by atoms with Gasteiger partial charge in [-0.05, 0) is 23.3 Å². The molecule has 1 saturated heterocycles. The molecular formula is C17H14O3. The smallest absolute Gasteiger partial charge is 0.198 e. The van der Waals surface area contributed by atoms with Gasteiger partial charge in [-0.25, -0.2) is 0 Å². The molecule has 2 atom stereocenters. The van der Waals surface area contributed by atoms with Gasteiger partial charge in [0.2, 0.25) is 0 Å². The van der Waals surface area contributed by atoms with Crippen LogP contribution >= 0.6 is 0 Å². The van der Waals surface area contributed by atoms with Crippen molar-refractivity contribution in [2.24, 2.45) is 0 Å². The zero-order valence-electron chi connectivity index (χ0n) is 11.1. The fourth-order valence-corrected chi connectivity index (χ4v) is 3.09. The fourth-order valence-electron chi connectivity index (χ4n) is 3.09. The van der Waals surface area contributed by atoms with Crippen molar-refractivity contribution in [2.75, 3.05) is 7.11 Å². The Labute approximate surface area is 117 Å². The van der Waals surface area contributed by atoms with E-state index < -0.39 is 5.60 Å². The minimum atomic E-state index is -0.654. The molecule has 1 spiro atoms. The van der Waals surface area contributed by atoms with Crippen LogP contribution in [0, 0.1) is 0 Å². The number of hydrogen-bond acceptors (Lipinski definition) is 3. The maximum atomic E-state index is 12.5. The molecular weight excluding hydrogens is 252 g/mol. The Morgan fingerprint density at radius 3 is 2.60 bits per heavy atom. The minimum absolute atomic E-state index is 0.119. The van der Waals surface area contributed by atoms with Crippen LogP contribution < -0.4 is 4.74 Å². The molecule has 3 nitrogen and oxygen atoms in total. The molecule has 2 unspecified atom stereocenters. The first-order valence-corrected chi connectivity index (χ1v) is 6.69. The van der Waals surface area contributed by atoms with E-state index in [1.165, 1.54) is 0 Å². The summed E-state index contributed by atoms with van der Waals surface area (Å²) in [6, 6.07) is 15.5. The molecule has 100 valence electrons. The van der Waals surface area contributed by atoms with E-state index in [2.05, 4.69) is 0 Å². The summed E-state index contributed by atoms with van der Waals surface area (Å²) >= 11 is 0. The molecule has 0 N–H and O–H groups in total. The summed E-state index contributed by atoms with van der Waals surface area (Å²) in [7, 11) is 1.64. The molecule has 2 aromatic rings. The van der Waals surface area contributed by atoms with Gasteiger partial charge in [-0.2, -0.15) is 0 Å². The lowest BCUT2D eigenvalue weighted by molar-refractivity contribution is 0.0894. The predicted octanol–water partition coefficient (Wildman–Crippen LogP) is 2.94. The largest absolute Gasteiger partial charge is 0.497 e. The van der Waals surface area contributed by atoms with Crippen LogP contribution in [0.4, 0.5) is 0 Å². The number of fused-ring (bicyclic) bond motifs is 1. The van der Waals surface area contributed by atoms with E-state index in [-0.39, 0.29) is 11.9 Å². The van der Waals surface area contributed by atoms with Crippen molar-refractivity contribution in [3.8, 4) is 5.75 Å². The molecule has 0 saturated carbocycles. The molecule has 0 amide bonds. The lowest BCUT2D eigenvalue weighted by atomic mass is 9.95. The van der Waals surface area contributed by atoms with Gasteiger partial charge in [0.05, 0.1) is 7.11 Å². The van der Waals surface area contributed by atoms with Crippen LogP contribution in [0.25, 0.3) is 0 Å². The van der Waals surface area contributed by atoms with E-state index in [1.807, 2.05) is 48.5 Å². The second kappa shape index (κ2) is 3.93. The van der Waals surface area contributed by atoms with Gasteiger partial charge >= 0.3 is 0 Å². The predicted molar refractivity (Wildman–Crippen MR) is 74.0 cm³/mol. The minimum Gasteiger partial charge on any atom is -0.497 e. The van der Waals surface area contributed by atoms with Crippen LogP contribution in [0.3, 0.4) is 0 Å². The third kappa shape index (κ3) is 1.47. The fraction of sp³-hybridized carbons (Fsp3) is 0.235. The molecule has 2 aliphatic rings. The number of ether oxygens (including phenoxy) is 2. The number of methoxy groups -OCH3 is 1. The summed E-state index contributed by atoms with van der Waals surface area (Å²) in [4.78, 5) is 12.5. The van der Waals surface area contributed by atoms with Crippen LogP contribution in [0.5, 0.6) is 5.75 Å². The average Bonchev–Trinajstić information content (AvgIpc) is 3.15. The Balaban J connectivity index is 1.65. The van der Waals surface area contributed by atoms with Crippen molar-refractivity contribution < 1.29 is 14.3 Å². The van der Waals surface area contributed by atoms with Crippen LogP contribution in [0.1, 0.15) is 27.6 Å². The van der Waals surface area contributed by atoms with Crippen molar-refractivity contribution in [3.05, 3.63) is 65.2 Å². The van der Waals surface area contributed by atoms with Gasteiger partial charge in [-0.3, -0.25) is 4.79 Å². The molecule has 0 bridgehead atoms. The average molecular weight is 266 g/mol. The van der Waals surface area contributed by atoms with Crippen molar-refractivity contribution in [1.82, 2.24) is 0 Å². The first kappa shape index (κ1) is 11.7. The molecule has 3 heteroatoms. The number of carbonyl (C=O) groups is 1. The summed E-state index contributed by atoms with van der Waals surface area (Å²) < 4.78 is 11.0. The number of ketones is 1. The summed E-state index contributed by atoms with van der Waals surface area (Å²) in [5.74, 6) is 0.929. The molecule has 4 rings (SSSR count). The number of Topliss-reactive ketones (excluding diaryl/α,β-unsaturated/α-hetero) is 1. The van der Waals surface area contributed by atoms with Gasteiger partial charge < -0.3 is 9.47 Å². The maximum absolute atomic E-state index is 12.5. The van der Waals surface area contributed by atoms with Crippen molar-refractivity contribution in [1.29, 1.82) is 0 Å². The Kier molecular flexibility index (Phi) is 2.30. The number of rotatable bonds is 2. The molecule has 1 fully saturated rings. The summed E-state index contributed by atoms with van der Waals surface area (Å²) in [6.45, 7) is 0. The lowest BCUT2D eigenvalue weighted by Gasteiger charge is -2.03. The molecule has 1 aliphatic heterocycles. The van der Waals surface area contributed by atoms with Gasteiger partial charge in [-0.1, -0.05) is 36.4 Å². The second-order valence-corrected chi connectivity index (χ2v) is 5.32. The van der Waals surface area contributed by atoms with Crippen LogP contribution in [0.2, 0.25) is 0 Å². The summed E-state index contributed by atoms with van der Waals surface area (Å²) in [5, 5.41) is 0. The van der Waals surface area contributed by atoms with E-state index in [9.17, 15) is 4.79 Å². The number of hydrogen-bond donors (Lipinski definition) is 0. The first-order valence-electron chi connectivity index (χ1n) is 6.69. The van der Waals surface area contributed by atoms with Crippen molar-refractivity contribution >= 4 is 5.78 Å². The highest BCUT2D eigenvalue weighted by Gasteiger charge is 2.65. The Morgan fingerprint density at radius 2 is 1.90 bits per heavy atom. The molecule has 1 heterocycles. The molecule has 0 radical (unpaired) electrons. The second-order valence-electron chi connectivity index (χ2n) is 5.32. The van der Waals surface area contributed by atoms with Gasteiger partial charge in [0.15, 0.2) is 11.4 Å². The highest BCUT2D eigenvalue weighted by atomic mass is 16.6.